The van der Waals surface area contributed by atoms with Crippen molar-refractivity contribution < 1.29 is 19.4 Å². The minimum Gasteiger partial charge on any atom is -0.505 e. The molecule has 0 unspecified atom stereocenters. The Bertz CT molecular complexity index is 1170. The lowest BCUT2D eigenvalue weighted by Gasteiger charge is -2.10. The summed E-state index contributed by atoms with van der Waals surface area (Å²) in [5, 5.41) is 19.0. The molecule has 4 rings (SSSR count). The minimum absolute atomic E-state index is 0.234. The van der Waals surface area contributed by atoms with Crippen LogP contribution in [0, 0.1) is 5.82 Å². The number of pyridine rings is 1. The SMILES string of the molecule is O=C(O)c1cc(-c2nc3ccccc3n2CCc2ccc(F)cc2)ncc1O. The monoisotopic (exact) mass is 377 g/mol. The Balaban J connectivity index is 1.78. The number of carboxylic acid groups (broad SMARTS) is 1. The number of hydrogen-bond donors (Lipinski definition) is 2. The largest absolute Gasteiger partial charge is 0.505 e. The number of aromatic hydroxyl groups is 1. The molecule has 0 bridgehead atoms. The lowest BCUT2D eigenvalue weighted by atomic mass is 10.1. The number of nitrogens with zero attached hydrogens (tertiary/aromatic N) is 3. The normalized spacial score (nSPS) is 11.0. The molecule has 0 amide bonds. The first-order chi connectivity index (χ1) is 13.5. The van der Waals surface area contributed by atoms with Crippen LogP contribution in [0.4, 0.5) is 4.39 Å². The molecule has 0 radical (unpaired) electrons. The van der Waals surface area contributed by atoms with Crippen molar-refractivity contribution in [1.29, 1.82) is 0 Å². The Hall–Kier alpha value is -3.74. The van der Waals surface area contributed by atoms with Gasteiger partial charge in [0.05, 0.1) is 17.2 Å². The van der Waals surface area contributed by atoms with Crippen molar-refractivity contribution >= 4 is 17.0 Å². The highest BCUT2D eigenvalue weighted by molar-refractivity contribution is 5.92. The van der Waals surface area contributed by atoms with E-state index in [1.807, 2.05) is 28.8 Å². The van der Waals surface area contributed by atoms with E-state index in [1.165, 1.54) is 18.2 Å². The van der Waals surface area contributed by atoms with Crippen LogP contribution >= 0.6 is 0 Å². The van der Waals surface area contributed by atoms with Gasteiger partial charge in [-0.25, -0.2) is 19.2 Å². The maximum Gasteiger partial charge on any atom is 0.339 e. The average Bonchev–Trinajstić information content (AvgIpc) is 3.06. The Labute approximate surface area is 159 Å². The van der Waals surface area contributed by atoms with Crippen LogP contribution in [0.3, 0.4) is 0 Å². The lowest BCUT2D eigenvalue weighted by molar-refractivity contribution is 0.0693. The molecular formula is C21H16FN3O3. The Morgan fingerprint density at radius 1 is 1.11 bits per heavy atom. The maximum atomic E-state index is 13.1. The summed E-state index contributed by atoms with van der Waals surface area (Å²) in [6.07, 6.45) is 1.75. The van der Waals surface area contributed by atoms with Crippen molar-refractivity contribution in [3.8, 4) is 17.3 Å². The highest BCUT2D eigenvalue weighted by Crippen LogP contribution is 2.27. The Morgan fingerprint density at radius 2 is 1.86 bits per heavy atom. The molecule has 0 aliphatic rings. The highest BCUT2D eigenvalue weighted by Gasteiger charge is 2.17. The van der Waals surface area contributed by atoms with E-state index in [0.29, 0.717) is 24.5 Å². The van der Waals surface area contributed by atoms with Gasteiger partial charge in [-0.2, -0.15) is 0 Å². The third kappa shape index (κ3) is 3.29. The Kier molecular flexibility index (Phi) is 4.49. The third-order valence-electron chi connectivity index (χ3n) is 4.53. The van der Waals surface area contributed by atoms with E-state index in [-0.39, 0.29) is 11.4 Å². The summed E-state index contributed by atoms with van der Waals surface area (Å²) in [6, 6.07) is 15.2. The third-order valence-corrected chi connectivity index (χ3v) is 4.53. The molecule has 28 heavy (non-hydrogen) atoms. The fourth-order valence-corrected chi connectivity index (χ4v) is 3.13. The predicted molar refractivity (Wildman–Crippen MR) is 102 cm³/mol. The molecule has 2 heterocycles. The second kappa shape index (κ2) is 7.11. The zero-order valence-corrected chi connectivity index (χ0v) is 14.7. The van der Waals surface area contributed by atoms with Gasteiger partial charge in [0.15, 0.2) is 5.82 Å². The second-order valence-electron chi connectivity index (χ2n) is 6.34. The molecule has 2 N–H and O–H groups in total. The van der Waals surface area contributed by atoms with E-state index < -0.39 is 11.7 Å². The van der Waals surface area contributed by atoms with Gasteiger partial charge in [0.2, 0.25) is 0 Å². The van der Waals surface area contributed by atoms with E-state index in [0.717, 1.165) is 22.8 Å². The van der Waals surface area contributed by atoms with Gasteiger partial charge in [0.25, 0.3) is 0 Å². The van der Waals surface area contributed by atoms with Gasteiger partial charge in [-0.1, -0.05) is 24.3 Å². The molecule has 0 saturated heterocycles. The number of benzene rings is 2. The average molecular weight is 377 g/mol. The van der Waals surface area contributed by atoms with Gasteiger partial charge in [-0.15, -0.1) is 0 Å². The minimum atomic E-state index is -1.24. The zero-order valence-electron chi connectivity index (χ0n) is 14.7. The van der Waals surface area contributed by atoms with Crippen molar-refractivity contribution in [2.45, 2.75) is 13.0 Å². The molecular weight excluding hydrogens is 361 g/mol. The van der Waals surface area contributed by atoms with Crippen LogP contribution in [0.2, 0.25) is 0 Å². The maximum absolute atomic E-state index is 13.1. The number of halogens is 1. The van der Waals surface area contributed by atoms with E-state index in [1.54, 1.807) is 12.1 Å². The number of hydrogen-bond acceptors (Lipinski definition) is 4. The van der Waals surface area contributed by atoms with Crippen molar-refractivity contribution in [2.24, 2.45) is 0 Å². The molecule has 0 spiro atoms. The van der Waals surface area contributed by atoms with Crippen LogP contribution in [-0.2, 0) is 13.0 Å². The molecule has 2 aromatic heterocycles. The molecule has 140 valence electrons. The summed E-state index contributed by atoms with van der Waals surface area (Å²) >= 11 is 0. The lowest BCUT2D eigenvalue weighted by Crippen LogP contribution is -2.06. The first-order valence-electron chi connectivity index (χ1n) is 8.65. The number of aryl methyl sites for hydroxylation is 2. The molecule has 4 aromatic rings. The van der Waals surface area contributed by atoms with Crippen LogP contribution in [-0.4, -0.2) is 30.7 Å². The molecule has 0 aliphatic carbocycles. The van der Waals surface area contributed by atoms with Gasteiger partial charge < -0.3 is 14.8 Å². The molecule has 0 aliphatic heterocycles. The van der Waals surface area contributed by atoms with E-state index >= 15 is 0 Å². The number of carbonyl (C=O) groups is 1. The molecule has 2 aromatic carbocycles. The number of imidazole rings is 1. The van der Waals surface area contributed by atoms with Gasteiger partial charge >= 0.3 is 5.97 Å². The summed E-state index contributed by atoms with van der Waals surface area (Å²) in [5.41, 5.74) is 2.72. The van der Waals surface area contributed by atoms with Gasteiger partial charge in [-0.3, -0.25) is 0 Å². The summed E-state index contributed by atoms with van der Waals surface area (Å²) in [5.74, 6) is -1.42. The Morgan fingerprint density at radius 3 is 2.61 bits per heavy atom. The second-order valence-corrected chi connectivity index (χ2v) is 6.34. The standard InChI is InChI=1S/C21H16FN3O3/c22-14-7-5-13(6-8-14)9-10-25-18-4-2-1-3-16(18)24-20(25)17-11-15(21(27)28)19(26)12-23-17/h1-8,11-12,26H,9-10H2,(H,27,28). The van der Waals surface area contributed by atoms with Crippen LogP contribution in [0.5, 0.6) is 5.75 Å². The number of aromatic carboxylic acids is 1. The van der Waals surface area contributed by atoms with Crippen LogP contribution in [0.1, 0.15) is 15.9 Å². The topological polar surface area (TPSA) is 88.2 Å². The number of carboxylic acids is 1. The summed E-state index contributed by atoms with van der Waals surface area (Å²) in [6.45, 7) is 0.548. The van der Waals surface area contributed by atoms with Gasteiger partial charge in [0.1, 0.15) is 22.8 Å². The molecule has 0 fully saturated rings. The zero-order chi connectivity index (χ0) is 19.7. The van der Waals surface area contributed by atoms with E-state index in [2.05, 4.69) is 9.97 Å². The smallest absolute Gasteiger partial charge is 0.339 e. The van der Waals surface area contributed by atoms with Crippen LogP contribution in [0.15, 0.2) is 60.8 Å². The summed E-state index contributed by atoms with van der Waals surface area (Å²) < 4.78 is 15.1. The number of fused-ring (bicyclic) bond motifs is 1. The first-order valence-corrected chi connectivity index (χ1v) is 8.65. The number of para-hydroxylation sites is 2. The van der Waals surface area contributed by atoms with E-state index in [9.17, 15) is 19.4 Å². The molecule has 0 saturated carbocycles. The van der Waals surface area contributed by atoms with Gasteiger partial charge in [-0.05, 0) is 42.3 Å². The van der Waals surface area contributed by atoms with Crippen LogP contribution in [0.25, 0.3) is 22.6 Å². The quantitative estimate of drug-likeness (QED) is 0.551. The van der Waals surface area contributed by atoms with Crippen molar-refractivity contribution in [3.63, 3.8) is 0 Å². The molecule has 7 heteroatoms. The van der Waals surface area contributed by atoms with E-state index in [4.69, 9.17) is 0 Å². The van der Waals surface area contributed by atoms with Crippen LogP contribution < -0.4 is 0 Å². The fraction of sp³-hybridized carbons (Fsp3) is 0.0952. The van der Waals surface area contributed by atoms with Crippen molar-refractivity contribution in [2.75, 3.05) is 0 Å². The number of rotatable bonds is 5. The van der Waals surface area contributed by atoms with Gasteiger partial charge in [0, 0.05) is 6.54 Å². The highest BCUT2D eigenvalue weighted by atomic mass is 19.1. The predicted octanol–water partition coefficient (Wildman–Crippen LogP) is 3.88. The molecule has 0 atom stereocenters. The molecule has 6 nitrogen and oxygen atoms in total. The first kappa shape index (κ1) is 17.7. The number of aromatic nitrogens is 3. The summed E-state index contributed by atoms with van der Waals surface area (Å²) in [4.78, 5) is 20.1. The van der Waals surface area contributed by atoms with Crippen molar-refractivity contribution in [3.05, 3.63) is 77.7 Å². The summed E-state index contributed by atoms with van der Waals surface area (Å²) in [7, 11) is 0. The fourth-order valence-electron chi connectivity index (χ4n) is 3.13. The van der Waals surface area contributed by atoms with Crippen molar-refractivity contribution in [1.82, 2.24) is 14.5 Å².